The SMILES string of the molecule is CC.CCOC(=O)c1ccc(Cl)c([N+](=O)[O-])c1. The van der Waals surface area contributed by atoms with E-state index < -0.39 is 10.9 Å². The molecule has 0 heterocycles. The predicted octanol–water partition coefficient (Wildman–Crippen LogP) is 3.45. The number of ether oxygens (including phenoxy) is 1. The number of hydrogen-bond donors (Lipinski definition) is 0. The zero-order chi connectivity index (χ0) is 13.4. The Hall–Kier alpha value is -1.62. The zero-order valence-corrected chi connectivity index (χ0v) is 10.7. The quantitative estimate of drug-likeness (QED) is 0.474. The van der Waals surface area contributed by atoms with Gasteiger partial charge in [0.15, 0.2) is 0 Å². The minimum Gasteiger partial charge on any atom is -0.462 e. The van der Waals surface area contributed by atoms with Crippen LogP contribution in [0.25, 0.3) is 0 Å². The van der Waals surface area contributed by atoms with E-state index in [9.17, 15) is 14.9 Å². The lowest BCUT2D eigenvalue weighted by Crippen LogP contribution is -2.05. The Morgan fingerprint density at radius 2 is 2.06 bits per heavy atom. The van der Waals surface area contributed by atoms with Crippen LogP contribution in [0.3, 0.4) is 0 Å². The van der Waals surface area contributed by atoms with Gasteiger partial charge in [0.25, 0.3) is 5.69 Å². The Balaban J connectivity index is 0.00000121. The van der Waals surface area contributed by atoms with Crippen molar-refractivity contribution in [3.63, 3.8) is 0 Å². The third-order valence-corrected chi connectivity index (χ3v) is 1.97. The fraction of sp³-hybridized carbons (Fsp3) is 0.364. The fourth-order valence-corrected chi connectivity index (χ4v) is 1.18. The van der Waals surface area contributed by atoms with Gasteiger partial charge in [-0.15, -0.1) is 0 Å². The molecule has 0 aliphatic heterocycles. The molecule has 0 unspecified atom stereocenters. The number of carbonyl (C=O) groups excluding carboxylic acids is 1. The molecule has 94 valence electrons. The third-order valence-electron chi connectivity index (χ3n) is 1.65. The van der Waals surface area contributed by atoms with Gasteiger partial charge in [-0.2, -0.15) is 0 Å². The van der Waals surface area contributed by atoms with Crippen LogP contribution in [0, 0.1) is 10.1 Å². The molecule has 1 aromatic carbocycles. The third kappa shape index (κ3) is 4.40. The zero-order valence-electron chi connectivity index (χ0n) is 9.90. The van der Waals surface area contributed by atoms with Gasteiger partial charge in [0.2, 0.25) is 0 Å². The van der Waals surface area contributed by atoms with Crippen LogP contribution in [0.1, 0.15) is 31.1 Å². The van der Waals surface area contributed by atoms with Crippen LogP contribution in [-0.4, -0.2) is 17.5 Å². The molecule has 6 heteroatoms. The fourth-order valence-electron chi connectivity index (χ4n) is 0.994. The van der Waals surface area contributed by atoms with Crippen molar-refractivity contribution in [3.8, 4) is 0 Å². The first-order chi connectivity index (χ1) is 8.06. The second-order valence-electron chi connectivity index (χ2n) is 2.64. The first-order valence-corrected chi connectivity index (χ1v) is 5.55. The summed E-state index contributed by atoms with van der Waals surface area (Å²) in [5.74, 6) is -0.600. The van der Waals surface area contributed by atoms with Crippen LogP contribution in [-0.2, 0) is 4.74 Å². The van der Waals surface area contributed by atoms with E-state index in [2.05, 4.69) is 0 Å². The number of rotatable bonds is 3. The molecule has 0 bridgehead atoms. The average molecular weight is 260 g/mol. The minimum absolute atomic E-state index is 0.00644. The number of esters is 1. The smallest absolute Gasteiger partial charge is 0.338 e. The van der Waals surface area contributed by atoms with Crippen molar-refractivity contribution in [1.29, 1.82) is 0 Å². The highest BCUT2D eigenvalue weighted by atomic mass is 35.5. The van der Waals surface area contributed by atoms with Crippen LogP contribution in [0.2, 0.25) is 5.02 Å². The van der Waals surface area contributed by atoms with E-state index in [1.54, 1.807) is 6.92 Å². The highest BCUT2D eigenvalue weighted by molar-refractivity contribution is 6.32. The molecule has 0 amide bonds. The summed E-state index contributed by atoms with van der Waals surface area (Å²) >= 11 is 5.58. The van der Waals surface area contributed by atoms with E-state index >= 15 is 0 Å². The molecule has 0 saturated heterocycles. The predicted molar refractivity (Wildman–Crippen MR) is 65.4 cm³/mol. The Morgan fingerprint density at radius 1 is 1.47 bits per heavy atom. The monoisotopic (exact) mass is 259 g/mol. The van der Waals surface area contributed by atoms with Crippen molar-refractivity contribution in [2.45, 2.75) is 20.8 Å². The van der Waals surface area contributed by atoms with Crippen LogP contribution < -0.4 is 0 Å². The molecule has 0 aromatic heterocycles. The molecular weight excluding hydrogens is 246 g/mol. The van der Waals surface area contributed by atoms with Gasteiger partial charge in [0.1, 0.15) is 5.02 Å². The number of hydrogen-bond acceptors (Lipinski definition) is 4. The Kier molecular flexibility index (Phi) is 6.89. The maximum atomic E-state index is 11.2. The molecule has 1 aromatic rings. The van der Waals surface area contributed by atoms with E-state index in [0.717, 1.165) is 6.07 Å². The molecule has 1 rings (SSSR count). The van der Waals surface area contributed by atoms with E-state index in [0.29, 0.717) is 0 Å². The first-order valence-electron chi connectivity index (χ1n) is 5.17. The molecule has 0 aliphatic carbocycles. The second kappa shape index (κ2) is 7.62. The summed E-state index contributed by atoms with van der Waals surface area (Å²) in [6, 6.07) is 3.78. The molecule has 0 radical (unpaired) electrons. The maximum absolute atomic E-state index is 11.2. The van der Waals surface area contributed by atoms with Crippen molar-refractivity contribution < 1.29 is 14.5 Å². The van der Waals surface area contributed by atoms with Crippen molar-refractivity contribution in [2.24, 2.45) is 0 Å². The Morgan fingerprint density at radius 3 is 2.53 bits per heavy atom. The molecular formula is C11H14ClNO4. The standard InChI is InChI=1S/C9H8ClNO4.C2H6/c1-2-15-9(12)6-3-4-7(10)8(5-6)11(13)14;1-2/h3-5H,2H2,1H3;1-2H3. The van der Waals surface area contributed by atoms with Gasteiger partial charge in [-0.3, -0.25) is 10.1 Å². The van der Waals surface area contributed by atoms with Crippen molar-refractivity contribution in [1.82, 2.24) is 0 Å². The number of nitro benzene ring substituents is 1. The highest BCUT2D eigenvalue weighted by Crippen LogP contribution is 2.25. The number of halogens is 1. The van der Waals surface area contributed by atoms with Gasteiger partial charge in [-0.05, 0) is 19.1 Å². The summed E-state index contributed by atoms with van der Waals surface area (Å²) < 4.78 is 4.70. The van der Waals surface area contributed by atoms with Crippen molar-refractivity contribution in [3.05, 3.63) is 38.9 Å². The van der Waals surface area contributed by atoms with E-state index in [-0.39, 0.29) is 22.9 Å². The largest absolute Gasteiger partial charge is 0.462 e. The molecule has 0 atom stereocenters. The van der Waals surface area contributed by atoms with Crippen molar-refractivity contribution in [2.75, 3.05) is 6.61 Å². The van der Waals surface area contributed by atoms with Gasteiger partial charge in [0, 0.05) is 6.07 Å². The Bertz CT molecular complexity index is 406. The molecule has 0 spiro atoms. The summed E-state index contributed by atoms with van der Waals surface area (Å²) in [5, 5.41) is 10.5. The molecule has 5 nitrogen and oxygen atoms in total. The van der Waals surface area contributed by atoms with Gasteiger partial charge in [-0.1, -0.05) is 25.4 Å². The lowest BCUT2D eigenvalue weighted by Gasteiger charge is -2.01. The normalized spacial score (nSPS) is 8.94. The van der Waals surface area contributed by atoms with Crippen LogP contribution in [0.4, 0.5) is 5.69 Å². The summed E-state index contributed by atoms with van der Waals surface area (Å²) in [6.45, 7) is 5.87. The summed E-state index contributed by atoms with van der Waals surface area (Å²) in [6.07, 6.45) is 0. The second-order valence-corrected chi connectivity index (χ2v) is 3.05. The lowest BCUT2D eigenvalue weighted by molar-refractivity contribution is -0.384. The maximum Gasteiger partial charge on any atom is 0.338 e. The lowest BCUT2D eigenvalue weighted by atomic mass is 10.2. The number of benzene rings is 1. The van der Waals surface area contributed by atoms with Crippen LogP contribution in [0.5, 0.6) is 0 Å². The van der Waals surface area contributed by atoms with Gasteiger partial charge < -0.3 is 4.74 Å². The van der Waals surface area contributed by atoms with Crippen LogP contribution in [0.15, 0.2) is 18.2 Å². The average Bonchev–Trinajstić information content (AvgIpc) is 2.32. The number of carbonyl (C=O) groups is 1. The van der Waals surface area contributed by atoms with Crippen molar-refractivity contribution >= 4 is 23.3 Å². The number of nitrogens with zero attached hydrogens (tertiary/aromatic N) is 1. The minimum atomic E-state index is -0.648. The summed E-state index contributed by atoms with van der Waals surface area (Å²) in [5.41, 5.74) is -0.185. The van der Waals surface area contributed by atoms with Crippen LogP contribution >= 0.6 is 11.6 Å². The van der Waals surface area contributed by atoms with Gasteiger partial charge in [-0.25, -0.2) is 4.79 Å². The molecule has 0 aliphatic rings. The number of nitro groups is 1. The van der Waals surface area contributed by atoms with E-state index in [4.69, 9.17) is 16.3 Å². The van der Waals surface area contributed by atoms with E-state index in [1.165, 1.54) is 12.1 Å². The molecule has 0 fully saturated rings. The van der Waals surface area contributed by atoms with E-state index in [1.807, 2.05) is 13.8 Å². The highest BCUT2D eigenvalue weighted by Gasteiger charge is 2.16. The molecule has 0 N–H and O–H groups in total. The van der Waals surface area contributed by atoms with Gasteiger partial charge in [0.05, 0.1) is 17.1 Å². The molecule has 17 heavy (non-hydrogen) atoms. The summed E-state index contributed by atoms with van der Waals surface area (Å²) in [4.78, 5) is 21.1. The topological polar surface area (TPSA) is 69.4 Å². The summed E-state index contributed by atoms with van der Waals surface area (Å²) in [7, 11) is 0. The molecule has 0 saturated carbocycles. The van der Waals surface area contributed by atoms with Gasteiger partial charge >= 0.3 is 5.97 Å². The first kappa shape index (κ1) is 15.4. The Labute approximate surface area is 104 Å².